The Labute approximate surface area is 86.8 Å². The highest BCUT2D eigenvalue weighted by atomic mass is 16.1. The largest absolute Gasteiger partial charge is 0.327 e. The maximum absolute atomic E-state index is 11.5. The molecule has 0 aliphatic carbocycles. The molecular formula is C10H12N4O. The molecule has 0 saturated carbocycles. The Balaban J connectivity index is 2.60. The molecule has 78 valence electrons. The number of nitrogens with one attached hydrogen (secondary N) is 1. The molecule has 2 heterocycles. The summed E-state index contributed by atoms with van der Waals surface area (Å²) >= 11 is 0. The average Bonchev–Trinajstić information content (AvgIpc) is 2.67. The van der Waals surface area contributed by atoms with Gasteiger partial charge in [-0.1, -0.05) is 0 Å². The van der Waals surface area contributed by atoms with Gasteiger partial charge in [0.15, 0.2) is 5.69 Å². The van der Waals surface area contributed by atoms with Crippen LogP contribution in [0.1, 0.15) is 19.9 Å². The summed E-state index contributed by atoms with van der Waals surface area (Å²) in [5.74, 6) is 0. The van der Waals surface area contributed by atoms with Crippen molar-refractivity contribution in [1.82, 2.24) is 19.5 Å². The molecule has 0 radical (unpaired) electrons. The van der Waals surface area contributed by atoms with E-state index in [-0.39, 0.29) is 11.6 Å². The van der Waals surface area contributed by atoms with Gasteiger partial charge in [-0.3, -0.25) is 4.79 Å². The van der Waals surface area contributed by atoms with Crippen LogP contribution in [0.15, 0.2) is 29.7 Å². The first kappa shape index (κ1) is 9.64. The Morgan fingerprint density at radius 2 is 2.27 bits per heavy atom. The van der Waals surface area contributed by atoms with Gasteiger partial charge in [-0.15, -0.1) is 0 Å². The van der Waals surface area contributed by atoms with Crippen molar-refractivity contribution in [3.05, 3.63) is 35.3 Å². The highest BCUT2D eigenvalue weighted by Gasteiger charge is 2.11. The third-order valence-corrected chi connectivity index (χ3v) is 2.17. The highest BCUT2D eigenvalue weighted by molar-refractivity contribution is 5.51. The van der Waals surface area contributed by atoms with Crippen molar-refractivity contribution < 1.29 is 0 Å². The van der Waals surface area contributed by atoms with E-state index < -0.39 is 0 Å². The minimum atomic E-state index is -0.195. The molecule has 0 saturated heterocycles. The van der Waals surface area contributed by atoms with Crippen LogP contribution in [0.5, 0.6) is 0 Å². The fourth-order valence-corrected chi connectivity index (χ4v) is 1.43. The predicted octanol–water partition coefficient (Wildman–Crippen LogP) is 1.21. The van der Waals surface area contributed by atoms with Gasteiger partial charge in [-0.2, -0.15) is 0 Å². The minimum Gasteiger partial charge on any atom is -0.327 e. The molecular weight excluding hydrogens is 192 g/mol. The van der Waals surface area contributed by atoms with Gasteiger partial charge in [0.05, 0.1) is 18.2 Å². The fourth-order valence-electron chi connectivity index (χ4n) is 1.43. The van der Waals surface area contributed by atoms with Crippen LogP contribution in [0.25, 0.3) is 11.4 Å². The fraction of sp³-hybridized carbons (Fsp3) is 0.300. The molecule has 0 atom stereocenters. The maximum atomic E-state index is 11.5. The third-order valence-electron chi connectivity index (χ3n) is 2.17. The van der Waals surface area contributed by atoms with E-state index >= 15 is 0 Å². The second-order valence-corrected chi connectivity index (χ2v) is 3.55. The zero-order chi connectivity index (χ0) is 10.8. The summed E-state index contributed by atoms with van der Waals surface area (Å²) in [6, 6.07) is 0.254. The quantitative estimate of drug-likeness (QED) is 0.799. The van der Waals surface area contributed by atoms with Crippen molar-refractivity contribution in [3.63, 3.8) is 0 Å². The number of aromatic amines is 1. The van der Waals surface area contributed by atoms with Crippen LogP contribution in [0.2, 0.25) is 0 Å². The molecule has 2 aromatic rings. The van der Waals surface area contributed by atoms with Crippen LogP contribution in [0, 0.1) is 0 Å². The minimum absolute atomic E-state index is 0.195. The summed E-state index contributed by atoms with van der Waals surface area (Å²) in [7, 11) is 0. The topological polar surface area (TPSA) is 63.6 Å². The van der Waals surface area contributed by atoms with Crippen LogP contribution in [-0.2, 0) is 0 Å². The van der Waals surface area contributed by atoms with E-state index in [0.29, 0.717) is 5.69 Å². The molecule has 2 aromatic heterocycles. The third kappa shape index (κ3) is 1.68. The summed E-state index contributed by atoms with van der Waals surface area (Å²) in [4.78, 5) is 22.2. The molecule has 0 aliphatic rings. The average molecular weight is 204 g/mol. The van der Waals surface area contributed by atoms with Crippen molar-refractivity contribution >= 4 is 0 Å². The molecule has 0 fully saturated rings. The molecule has 5 heteroatoms. The highest BCUT2D eigenvalue weighted by Crippen LogP contribution is 2.16. The number of hydrogen-bond donors (Lipinski definition) is 1. The lowest BCUT2D eigenvalue weighted by Gasteiger charge is -2.09. The van der Waals surface area contributed by atoms with Gasteiger partial charge in [0.25, 0.3) is 5.56 Å². The molecule has 1 N–H and O–H groups in total. The molecule has 0 unspecified atom stereocenters. The molecule has 0 aliphatic heterocycles. The number of hydrogen-bond acceptors (Lipinski definition) is 3. The first-order valence-electron chi connectivity index (χ1n) is 4.76. The van der Waals surface area contributed by atoms with Crippen molar-refractivity contribution in [2.45, 2.75) is 19.9 Å². The Bertz CT molecular complexity index is 512. The second-order valence-electron chi connectivity index (χ2n) is 3.55. The summed E-state index contributed by atoms with van der Waals surface area (Å²) in [5, 5.41) is 0. The second kappa shape index (κ2) is 3.68. The van der Waals surface area contributed by atoms with Gasteiger partial charge in [-0.25, -0.2) is 9.97 Å². The summed E-state index contributed by atoms with van der Waals surface area (Å²) in [6.07, 6.45) is 6.43. The summed E-state index contributed by atoms with van der Waals surface area (Å²) < 4.78 is 1.91. The molecule has 5 nitrogen and oxygen atoms in total. The van der Waals surface area contributed by atoms with Gasteiger partial charge in [0.2, 0.25) is 0 Å². The van der Waals surface area contributed by atoms with Crippen molar-refractivity contribution in [2.24, 2.45) is 0 Å². The number of imidazole rings is 1. The summed E-state index contributed by atoms with van der Waals surface area (Å²) in [6.45, 7) is 4.06. The normalized spacial score (nSPS) is 10.9. The lowest BCUT2D eigenvalue weighted by Crippen LogP contribution is -2.13. The number of nitrogens with zero attached hydrogens (tertiary/aromatic N) is 3. The molecule has 0 amide bonds. The predicted molar refractivity (Wildman–Crippen MR) is 56.5 cm³/mol. The lowest BCUT2D eigenvalue weighted by atomic mass is 10.3. The smallest absolute Gasteiger partial charge is 0.276 e. The SMILES string of the molecule is CC(C)n1cncc1-c1ncc[nH]c1=O. The van der Waals surface area contributed by atoms with E-state index in [1.54, 1.807) is 18.7 Å². The van der Waals surface area contributed by atoms with Crippen molar-refractivity contribution in [3.8, 4) is 11.4 Å². The lowest BCUT2D eigenvalue weighted by molar-refractivity contribution is 0.604. The maximum Gasteiger partial charge on any atom is 0.276 e. The van der Waals surface area contributed by atoms with Crippen molar-refractivity contribution in [1.29, 1.82) is 0 Å². The number of H-pyrrole nitrogens is 1. The van der Waals surface area contributed by atoms with Gasteiger partial charge in [-0.05, 0) is 13.8 Å². The molecule has 15 heavy (non-hydrogen) atoms. The molecule has 0 bridgehead atoms. The Morgan fingerprint density at radius 1 is 1.47 bits per heavy atom. The van der Waals surface area contributed by atoms with Gasteiger partial charge >= 0.3 is 0 Å². The van der Waals surface area contributed by atoms with E-state index in [4.69, 9.17) is 0 Å². The first-order chi connectivity index (χ1) is 7.20. The van der Waals surface area contributed by atoms with Crippen LogP contribution in [0.3, 0.4) is 0 Å². The monoisotopic (exact) mass is 204 g/mol. The van der Waals surface area contributed by atoms with E-state index in [2.05, 4.69) is 15.0 Å². The van der Waals surface area contributed by atoms with Crippen LogP contribution >= 0.6 is 0 Å². The van der Waals surface area contributed by atoms with E-state index in [0.717, 1.165) is 5.69 Å². The van der Waals surface area contributed by atoms with Gasteiger partial charge < -0.3 is 9.55 Å². The summed E-state index contributed by atoms with van der Waals surface area (Å²) in [5.41, 5.74) is 0.954. The zero-order valence-corrected chi connectivity index (χ0v) is 8.64. The van der Waals surface area contributed by atoms with Gasteiger partial charge in [0, 0.05) is 18.4 Å². The van der Waals surface area contributed by atoms with Crippen LogP contribution in [-0.4, -0.2) is 19.5 Å². The van der Waals surface area contributed by atoms with Crippen LogP contribution in [0.4, 0.5) is 0 Å². The zero-order valence-electron chi connectivity index (χ0n) is 8.64. The Kier molecular flexibility index (Phi) is 2.37. The standard InChI is InChI=1S/C10H12N4O/c1-7(2)14-6-11-5-8(14)9-10(15)13-4-3-12-9/h3-7H,1-2H3,(H,13,15). The van der Waals surface area contributed by atoms with Crippen molar-refractivity contribution in [2.75, 3.05) is 0 Å². The molecule has 0 spiro atoms. The number of rotatable bonds is 2. The number of aromatic nitrogens is 4. The first-order valence-corrected chi connectivity index (χ1v) is 4.76. The Hall–Kier alpha value is -1.91. The van der Waals surface area contributed by atoms with E-state index in [1.807, 2.05) is 18.4 Å². The van der Waals surface area contributed by atoms with E-state index in [9.17, 15) is 4.79 Å². The molecule has 2 rings (SSSR count). The van der Waals surface area contributed by atoms with Crippen LogP contribution < -0.4 is 5.56 Å². The van der Waals surface area contributed by atoms with Gasteiger partial charge in [0.1, 0.15) is 0 Å². The van der Waals surface area contributed by atoms with E-state index in [1.165, 1.54) is 6.20 Å². The Morgan fingerprint density at radius 3 is 2.93 bits per heavy atom. The molecule has 0 aromatic carbocycles.